The van der Waals surface area contributed by atoms with Crippen LogP contribution in [0.2, 0.25) is 0 Å². The number of aliphatic imine (C=N–C) groups is 1. The summed E-state index contributed by atoms with van der Waals surface area (Å²) in [7, 11) is 1.71. The molecule has 1 fully saturated rings. The van der Waals surface area contributed by atoms with E-state index < -0.39 is 0 Å². The summed E-state index contributed by atoms with van der Waals surface area (Å²) in [5.74, 6) is 0.731. The summed E-state index contributed by atoms with van der Waals surface area (Å²) < 4.78 is 10.8. The summed E-state index contributed by atoms with van der Waals surface area (Å²) in [6, 6.07) is 11.0. The number of ether oxygens (including phenoxy) is 2. The van der Waals surface area contributed by atoms with Crippen LogP contribution in [0.25, 0.3) is 6.08 Å². The molecule has 1 aliphatic rings. The Morgan fingerprint density at radius 2 is 1.85 bits per heavy atom. The normalized spacial score (nSPS) is 16.2. The summed E-state index contributed by atoms with van der Waals surface area (Å²) >= 11 is 1.34. The number of thioether (sulfide) groups is 1. The molecule has 6 nitrogen and oxygen atoms in total. The van der Waals surface area contributed by atoms with Crippen molar-refractivity contribution in [1.82, 2.24) is 4.90 Å². The van der Waals surface area contributed by atoms with Gasteiger partial charge in [-0.1, -0.05) is 13.8 Å². The largest absolute Gasteiger partial charge is 0.494 e. The zero-order valence-electron chi connectivity index (χ0n) is 20.0. The highest BCUT2D eigenvalue weighted by atomic mass is 32.2. The van der Waals surface area contributed by atoms with Gasteiger partial charge in [0.2, 0.25) is 0 Å². The molecule has 0 unspecified atom stereocenters. The van der Waals surface area contributed by atoms with Gasteiger partial charge < -0.3 is 9.47 Å². The fraction of sp³-hybridized carbons (Fsp3) is 0.346. The minimum Gasteiger partial charge on any atom is -0.494 e. The number of carbonyl (C=O) groups is 2. The van der Waals surface area contributed by atoms with E-state index in [4.69, 9.17) is 9.47 Å². The van der Waals surface area contributed by atoms with Crippen molar-refractivity contribution in [1.29, 1.82) is 0 Å². The molecule has 1 heterocycles. The first kappa shape index (κ1) is 24.6. The molecular weight excluding hydrogens is 436 g/mol. The Hall–Kier alpha value is -3.06. The number of likely N-dealkylation sites (N-methyl/N-ethyl adjacent to an activating group) is 1. The van der Waals surface area contributed by atoms with Crippen molar-refractivity contribution in [3.63, 3.8) is 0 Å². The van der Waals surface area contributed by atoms with Gasteiger partial charge in [0, 0.05) is 7.05 Å². The van der Waals surface area contributed by atoms with Gasteiger partial charge in [0.25, 0.3) is 5.91 Å². The maximum atomic E-state index is 12.9. The molecule has 0 spiro atoms. The van der Waals surface area contributed by atoms with Crippen molar-refractivity contribution in [2.75, 3.05) is 20.3 Å². The summed E-state index contributed by atoms with van der Waals surface area (Å²) in [4.78, 5) is 31.5. The van der Waals surface area contributed by atoms with Crippen molar-refractivity contribution >= 4 is 40.6 Å². The van der Waals surface area contributed by atoms with E-state index in [-0.39, 0.29) is 11.9 Å². The van der Waals surface area contributed by atoms with E-state index in [2.05, 4.69) is 24.9 Å². The number of hydrogen-bond acceptors (Lipinski definition) is 6. The minimum absolute atomic E-state index is 0.0960. The molecular formula is C26H30N2O4S. The maximum absolute atomic E-state index is 12.9. The Morgan fingerprint density at radius 3 is 2.45 bits per heavy atom. The average molecular weight is 467 g/mol. The van der Waals surface area contributed by atoms with Gasteiger partial charge in [-0.05, 0) is 97.6 Å². The van der Waals surface area contributed by atoms with Crippen LogP contribution in [0.1, 0.15) is 60.7 Å². The van der Waals surface area contributed by atoms with Crippen molar-refractivity contribution in [2.45, 2.75) is 40.5 Å². The maximum Gasteiger partial charge on any atom is 0.338 e. The lowest BCUT2D eigenvalue weighted by Crippen LogP contribution is -2.23. The van der Waals surface area contributed by atoms with Crippen molar-refractivity contribution < 1.29 is 19.1 Å². The van der Waals surface area contributed by atoms with Crippen LogP contribution in [-0.2, 0) is 9.53 Å². The van der Waals surface area contributed by atoms with Gasteiger partial charge in [-0.2, -0.15) is 0 Å². The Morgan fingerprint density at radius 1 is 1.15 bits per heavy atom. The second kappa shape index (κ2) is 10.7. The summed E-state index contributed by atoms with van der Waals surface area (Å²) in [6.07, 6.45) is 1.92. The zero-order valence-corrected chi connectivity index (χ0v) is 20.8. The Labute approximate surface area is 199 Å². The van der Waals surface area contributed by atoms with Crippen molar-refractivity contribution in [2.24, 2.45) is 4.99 Å². The van der Waals surface area contributed by atoms with Gasteiger partial charge in [0.1, 0.15) is 5.75 Å². The number of esters is 1. The standard InChI is InChI=1S/C26H30N2O4S/c1-7-31-22-13-17(5)19(14-21(22)16(3)4)15-23-24(29)28(6)26(33-23)27-20-11-9-18(10-12-20)25(30)32-8-2/h9-16H,7-8H2,1-6H3. The van der Waals surface area contributed by atoms with Gasteiger partial charge >= 0.3 is 5.97 Å². The van der Waals surface area contributed by atoms with Gasteiger partial charge in [0.15, 0.2) is 5.17 Å². The Kier molecular flexibility index (Phi) is 7.97. The summed E-state index contributed by atoms with van der Waals surface area (Å²) in [5.41, 5.74) is 4.29. The van der Waals surface area contributed by atoms with E-state index >= 15 is 0 Å². The monoisotopic (exact) mass is 466 g/mol. The molecule has 0 atom stereocenters. The zero-order chi connectivity index (χ0) is 24.1. The second-order valence-corrected chi connectivity index (χ2v) is 8.98. The van der Waals surface area contributed by atoms with Gasteiger partial charge in [-0.15, -0.1) is 0 Å². The lowest BCUT2D eigenvalue weighted by atomic mass is 9.96. The number of aryl methyl sites for hydroxylation is 1. The minimum atomic E-state index is -0.365. The molecule has 0 saturated carbocycles. The predicted molar refractivity (Wildman–Crippen MR) is 134 cm³/mol. The molecule has 3 rings (SSSR count). The molecule has 1 aliphatic heterocycles. The molecule has 1 amide bonds. The lowest BCUT2D eigenvalue weighted by Gasteiger charge is -2.16. The summed E-state index contributed by atoms with van der Waals surface area (Å²) in [5, 5.41) is 0.586. The molecule has 7 heteroatoms. The van der Waals surface area contributed by atoms with Crippen LogP contribution in [0.4, 0.5) is 5.69 Å². The first-order valence-electron chi connectivity index (χ1n) is 11.1. The van der Waals surface area contributed by atoms with Crippen LogP contribution in [0.3, 0.4) is 0 Å². The number of carbonyl (C=O) groups excluding carboxylic acids is 2. The second-order valence-electron chi connectivity index (χ2n) is 7.97. The first-order chi connectivity index (χ1) is 15.7. The smallest absolute Gasteiger partial charge is 0.338 e. The quantitative estimate of drug-likeness (QED) is 0.374. The van der Waals surface area contributed by atoms with Crippen LogP contribution in [-0.4, -0.2) is 42.2 Å². The van der Waals surface area contributed by atoms with Crippen LogP contribution < -0.4 is 4.74 Å². The SMILES string of the molecule is CCOC(=O)c1ccc(N=C2SC(=Cc3cc(C(C)C)c(OCC)cc3C)C(=O)N2C)cc1. The van der Waals surface area contributed by atoms with E-state index in [0.717, 1.165) is 22.4 Å². The van der Waals surface area contributed by atoms with E-state index in [1.54, 1.807) is 43.1 Å². The van der Waals surface area contributed by atoms with Gasteiger partial charge in [-0.3, -0.25) is 9.69 Å². The molecule has 2 aromatic rings. The third kappa shape index (κ3) is 5.66. The van der Waals surface area contributed by atoms with E-state index in [0.29, 0.717) is 40.5 Å². The van der Waals surface area contributed by atoms with Crippen LogP contribution in [0.5, 0.6) is 5.75 Å². The fourth-order valence-electron chi connectivity index (χ4n) is 3.39. The van der Waals surface area contributed by atoms with E-state index in [1.165, 1.54) is 11.8 Å². The van der Waals surface area contributed by atoms with E-state index in [1.807, 2.05) is 26.0 Å². The Balaban J connectivity index is 1.88. The third-order valence-corrected chi connectivity index (χ3v) is 6.27. The van der Waals surface area contributed by atoms with Crippen molar-refractivity contribution in [3.05, 3.63) is 63.6 Å². The van der Waals surface area contributed by atoms with Crippen molar-refractivity contribution in [3.8, 4) is 5.75 Å². The number of benzene rings is 2. The highest BCUT2D eigenvalue weighted by molar-refractivity contribution is 8.18. The third-order valence-electron chi connectivity index (χ3n) is 5.21. The van der Waals surface area contributed by atoms with Crippen LogP contribution in [0, 0.1) is 6.92 Å². The molecule has 0 bridgehead atoms. The lowest BCUT2D eigenvalue weighted by molar-refractivity contribution is -0.121. The van der Waals surface area contributed by atoms with Gasteiger partial charge in [-0.25, -0.2) is 9.79 Å². The first-order valence-corrected chi connectivity index (χ1v) is 11.9. The highest BCUT2D eigenvalue weighted by Gasteiger charge is 2.30. The summed E-state index contributed by atoms with van der Waals surface area (Å²) in [6.45, 7) is 11.0. The Bertz CT molecular complexity index is 1100. The molecule has 0 radical (unpaired) electrons. The molecule has 1 saturated heterocycles. The molecule has 174 valence electrons. The topological polar surface area (TPSA) is 68.2 Å². The predicted octanol–water partition coefficient (Wildman–Crippen LogP) is 5.93. The molecule has 0 aliphatic carbocycles. The van der Waals surface area contributed by atoms with E-state index in [9.17, 15) is 9.59 Å². The van der Waals surface area contributed by atoms with Gasteiger partial charge in [0.05, 0.1) is 29.4 Å². The van der Waals surface area contributed by atoms with Crippen LogP contribution >= 0.6 is 11.8 Å². The molecule has 33 heavy (non-hydrogen) atoms. The molecule has 2 aromatic carbocycles. The number of amides is 1. The average Bonchev–Trinajstić information content (AvgIpc) is 3.04. The fourth-order valence-corrected chi connectivity index (χ4v) is 4.37. The molecule has 0 aromatic heterocycles. The number of hydrogen-bond donors (Lipinski definition) is 0. The highest BCUT2D eigenvalue weighted by Crippen LogP contribution is 2.36. The number of amidine groups is 1. The number of rotatable bonds is 7. The number of nitrogens with zero attached hydrogens (tertiary/aromatic N) is 2. The van der Waals surface area contributed by atoms with Crippen LogP contribution in [0.15, 0.2) is 46.3 Å². The molecule has 0 N–H and O–H groups in total.